The van der Waals surface area contributed by atoms with Gasteiger partial charge in [-0.25, -0.2) is 4.98 Å². The van der Waals surface area contributed by atoms with Crippen LogP contribution in [0.15, 0.2) is 48.5 Å². The van der Waals surface area contributed by atoms with Crippen molar-refractivity contribution in [1.82, 2.24) is 14.9 Å². The highest BCUT2D eigenvalue weighted by atomic mass is 16.2. The number of hydrogen-bond acceptors (Lipinski definition) is 3. The maximum absolute atomic E-state index is 12.3. The fourth-order valence-electron chi connectivity index (χ4n) is 2.88. The molecule has 0 fully saturated rings. The van der Waals surface area contributed by atoms with Crippen molar-refractivity contribution in [3.8, 4) is 0 Å². The van der Waals surface area contributed by atoms with E-state index in [4.69, 9.17) is 0 Å². The third-order valence-electron chi connectivity index (χ3n) is 4.50. The molecule has 5 nitrogen and oxygen atoms in total. The summed E-state index contributed by atoms with van der Waals surface area (Å²) in [5.41, 5.74) is 3.70. The molecule has 0 atom stereocenters. The van der Waals surface area contributed by atoms with E-state index < -0.39 is 0 Å². The zero-order valence-corrected chi connectivity index (χ0v) is 15.2. The number of nitrogens with one attached hydrogen (secondary N) is 1. The number of amides is 1. The average Bonchev–Trinajstić information content (AvgIpc) is 3.08. The van der Waals surface area contributed by atoms with Crippen LogP contribution < -0.4 is 0 Å². The van der Waals surface area contributed by atoms with E-state index in [-0.39, 0.29) is 24.5 Å². The van der Waals surface area contributed by atoms with Crippen molar-refractivity contribution >= 4 is 22.7 Å². The summed E-state index contributed by atoms with van der Waals surface area (Å²) in [6.45, 7) is 2.47. The fourth-order valence-corrected chi connectivity index (χ4v) is 2.88. The number of nitrogens with zero attached hydrogens (tertiary/aromatic N) is 2. The van der Waals surface area contributed by atoms with Crippen molar-refractivity contribution in [2.45, 2.75) is 32.7 Å². The molecule has 26 heavy (non-hydrogen) atoms. The Kier molecular flexibility index (Phi) is 5.46. The zero-order valence-electron chi connectivity index (χ0n) is 15.2. The number of aryl methyl sites for hydroxylation is 1. The lowest BCUT2D eigenvalue weighted by molar-refractivity contribution is -0.130. The number of imidazole rings is 1. The first-order valence-electron chi connectivity index (χ1n) is 8.86. The molecule has 3 aromatic rings. The number of para-hydroxylation sites is 2. The average molecular weight is 349 g/mol. The molecule has 0 radical (unpaired) electrons. The van der Waals surface area contributed by atoms with Crippen molar-refractivity contribution in [3.63, 3.8) is 0 Å². The predicted molar refractivity (Wildman–Crippen MR) is 102 cm³/mol. The Morgan fingerprint density at radius 2 is 1.77 bits per heavy atom. The molecule has 0 saturated carbocycles. The Bertz CT molecular complexity index is 879. The van der Waals surface area contributed by atoms with Gasteiger partial charge in [0, 0.05) is 25.5 Å². The minimum Gasteiger partial charge on any atom is -0.340 e. The van der Waals surface area contributed by atoms with Gasteiger partial charge in [-0.2, -0.15) is 0 Å². The number of hydrogen-bond donors (Lipinski definition) is 1. The van der Waals surface area contributed by atoms with Gasteiger partial charge in [-0.05, 0) is 24.1 Å². The van der Waals surface area contributed by atoms with Gasteiger partial charge in [0.1, 0.15) is 5.82 Å². The molecule has 0 unspecified atom stereocenters. The highest BCUT2D eigenvalue weighted by molar-refractivity contribution is 5.97. The number of benzene rings is 2. The molecule has 0 aliphatic carbocycles. The van der Waals surface area contributed by atoms with Crippen molar-refractivity contribution in [1.29, 1.82) is 0 Å². The monoisotopic (exact) mass is 349 g/mol. The van der Waals surface area contributed by atoms with Gasteiger partial charge in [-0.15, -0.1) is 0 Å². The van der Waals surface area contributed by atoms with Crippen LogP contribution in [-0.2, 0) is 17.8 Å². The molecule has 2 aromatic carbocycles. The lowest BCUT2D eigenvalue weighted by atomic mass is 10.0. The van der Waals surface area contributed by atoms with E-state index in [9.17, 15) is 9.59 Å². The van der Waals surface area contributed by atoms with E-state index >= 15 is 0 Å². The van der Waals surface area contributed by atoms with Crippen molar-refractivity contribution in [3.05, 3.63) is 65.5 Å². The van der Waals surface area contributed by atoms with Gasteiger partial charge in [0.2, 0.25) is 5.91 Å². The van der Waals surface area contributed by atoms with Crippen molar-refractivity contribution in [2.24, 2.45) is 0 Å². The van der Waals surface area contributed by atoms with E-state index in [1.54, 1.807) is 11.9 Å². The Labute approximate surface area is 153 Å². The van der Waals surface area contributed by atoms with Crippen LogP contribution in [0.25, 0.3) is 11.0 Å². The predicted octanol–water partition coefficient (Wildman–Crippen LogP) is 3.75. The van der Waals surface area contributed by atoms with Crippen LogP contribution >= 0.6 is 0 Å². The summed E-state index contributed by atoms with van der Waals surface area (Å²) in [6.07, 6.45) is 1.36. The summed E-state index contributed by atoms with van der Waals surface area (Å²) >= 11 is 0. The SMILES string of the molecule is CCc1ccc(C(=O)CCC(=O)N(C)Cc2nc3ccccc3[nH]2)cc1. The Morgan fingerprint density at radius 1 is 1.04 bits per heavy atom. The van der Waals surface area contributed by atoms with E-state index in [0.717, 1.165) is 23.3 Å². The molecule has 1 heterocycles. The van der Waals surface area contributed by atoms with Gasteiger partial charge >= 0.3 is 0 Å². The number of aromatic nitrogens is 2. The number of fused-ring (bicyclic) bond motifs is 1. The molecule has 5 heteroatoms. The molecular weight excluding hydrogens is 326 g/mol. The van der Waals surface area contributed by atoms with Gasteiger partial charge in [-0.3, -0.25) is 9.59 Å². The lowest BCUT2D eigenvalue weighted by Crippen LogP contribution is -2.27. The van der Waals surface area contributed by atoms with Crippen LogP contribution in [-0.4, -0.2) is 33.6 Å². The van der Waals surface area contributed by atoms with E-state index in [1.165, 1.54) is 5.56 Å². The Hall–Kier alpha value is -2.95. The summed E-state index contributed by atoms with van der Waals surface area (Å²) in [5, 5.41) is 0. The lowest BCUT2D eigenvalue weighted by Gasteiger charge is -2.15. The van der Waals surface area contributed by atoms with Gasteiger partial charge in [0.05, 0.1) is 17.6 Å². The molecule has 1 amide bonds. The zero-order chi connectivity index (χ0) is 18.5. The largest absolute Gasteiger partial charge is 0.340 e. The molecule has 134 valence electrons. The first-order valence-corrected chi connectivity index (χ1v) is 8.86. The quantitative estimate of drug-likeness (QED) is 0.661. The van der Waals surface area contributed by atoms with E-state index in [1.807, 2.05) is 48.5 Å². The molecule has 1 N–H and O–H groups in total. The van der Waals surface area contributed by atoms with Gasteiger partial charge < -0.3 is 9.88 Å². The second kappa shape index (κ2) is 7.95. The smallest absolute Gasteiger partial charge is 0.223 e. The normalized spacial score (nSPS) is 10.8. The van der Waals surface area contributed by atoms with Crippen LogP contribution in [0.5, 0.6) is 0 Å². The molecule has 0 bridgehead atoms. The summed E-state index contributed by atoms with van der Waals surface area (Å²) in [7, 11) is 1.73. The second-order valence-corrected chi connectivity index (χ2v) is 6.42. The number of ketones is 1. The minimum atomic E-state index is -0.0658. The first-order chi connectivity index (χ1) is 12.6. The second-order valence-electron chi connectivity index (χ2n) is 6.42. The molecule has 1 aromatic heterocycles. The minimum absolute atomic E-state index is 0.00172. The maximum Gasteiger partial charge on any atom is 0.223 e. The number of aromatic amines is 1. The molecule has 0 saturated heterocycles. The van der Waals surface area contributed by atoms with Gasteiger partial charge in [0.15, 0.2) is 5.78 Å². The van der Waals surface area contributed by atoms with E-state index in [0.29, 0.717) is 12.1 Å². The van der Waals surface area contributed by atoms with Crippen molar-refractivity contribution < 1.29 is 9.59 Å². The van der Waals surface area contributed by atoms with Gasteiger partial charge in [-0.1, -0.05) is 43.3 Å². The summed E-state index contributed by atoms with van der Waals surface area (Å²) < 4.78 is 0. The molecule has 0 spiro atoms. The van der Waals surface area contributed by atoms with Crippen LogP contribution in [0.2, 0.25) is 0 Å². The molecular formula is C21H23N3O2. The molecule has 0 aliphatic rings. The third-order valence-corrected chi connectivity index (χ3v) is 4.50. The van der Waals surface area contributed by atoms with Crippen LogP contribution in [0.4, 0.5) is 0 Å². The Balaban J connectivity index is 1.54. The summed E-state index contributed by atoms with van der Waals surface area (Å²) in [6, 6.07) is 15.4. The topological polar surface area (TPSA) is 66.1 Å². The standard InChI is InChI=1S/C21H23N3O2/c1-3-15-8-10-16(11-9-15)19(25)12-13-21(26)24(2)14-20-22-17-6-4-5-7-18(17)23-20/h4-11H,3,12-14H2,1-2H3,(H,22,23). The Morgan fingerprint density at radius 3 is 2.46 bits per heavy atom. The maximum atomic E-state index is 12.3. The number of H-pyrrole nitrogens is 1. The van der Waals surface area contributed by atoms with E-state index in [2.05, 4.69) is 16.9 Å². The van der Waals surface area contributed by atoms with Crippen LogP contribution in [0.3, 0.4) is 0 Å². The number of carbonyl (C=O) groups excluding carboxylic acids is 2. The highest BCUT2D eigenvalue weighted by Crippen LogP contribution is 2.13. The summed E-state index contributed by atoms with van der Waals surface area (Å²) in [4.78, 5) is 33.9. The van der Waals surface area contributed by atoms with Crippen molar-refractivity contribution in [2.75, 3.05) is 7.05 Å². The third kappa shape index (κ3) is 4.17. The van der Waals surface area contributed by atoms with Gasteiger partial charge in [0.25, 0.3) is 0 Å². The first kappa shape index (κ1) is 17.9. The fraction of sp³-hybridized carbons (Fsp3) is 0.286. The van der Waals surface area contributed by atoms with Crippen LogP contribution in [0, 0.1) is 0 Å². The van der Waals surface area contributed by atoms with Crippen LogP contribution in [0.1, 0.15) is 41.5 Å². The number of rotatable bonds is 7. The number of carbonyl (C=O) groups is 2. The molecule has 0 aliphatic heterocycles. The molecule has 3 rings (SSSR count). The highest BCUT2D eigenvalue weighted by Gasteiger charge is 2.14. The summed E-state index contributed by atoms with van der Waals surface area (Å²) in [5.74, 6) is 0.672. The number of Topliss-reactive ketones (excluding diaryl/α,β-unsaturated/α-hetero) is 1.